The highest BCUT2D eigenvalue weighted by Crippen LogP contribution is 2.29. The van der Waals surface area contributed by atoms with Crippen LogP contribution >= 0.6 is 11.6 Å². The van der Waals surface area contributed by atoms with Crippen LogP contribution in [0.25, 0.3) is 0 Å². The van der Waals surface area contributed by atoms with E-state index in [0.29, 0.717) is 0 Å². The third kappa shape index (κ3) is 3.18. The maximum absolute atomic E-state index is 13.0. The zero-order valence-electron chi connectivity index (χ0n) is 11.2. The highest BCUT2D eigenvalue weighted by atomic mass is 35.5. The predicted octanol–water partition coefficient (Wildman–Crippen LogP) is 3.50. The molecule has 0 atom stereocenters. The third-order valence-electron chi connectivity index (χ3n) is 2.92. The molecule has 22 heavy (non-hydrogen) atoms. The molecule has 0 spiro atoms. The van der Waals surface area contributed by atoms with Gasteiger partial charge >= 0.3 is 0 Å². The van der Waals surface area contributed by atoms with Crippen LogP contribution in [0, 0.1) is 22.9 Å². The lowest BCUT2D eigenvalue weighted by Gasteiger charge is -2.11. The van der Waals surface area contributed by atoms with Crippen LogP contribution in [-0.2, 0) is 10.0 Å². The van der Waals surface area contributed by atoms with Gasteiger partial charge in [0.1, 0.15) is 5.82 Å². The lowest BCUT2D eigenvalue weighted by atomic mass is 10.2. The van der Waals surface area contributed by atoms with Crippen molar-refractivity contribution in [1.82, 2.24) is 0 Å². The fraction of sp³-hybridized carbons (Fsp3) is 0.0769. The first-order valence-electron chi connectivity index (χ1n) is 5.94. The molecule has 0 unspecified atom stereocenters. The summed E-state index contributed by atoms with van der Waals surface area (Å²) in [5.41, 5.74) is -0.333. The summed E-state index contributed by atoms with van der Waals surface area (Å²) in [5, 5.41) is 10.8. The topological polar surface area (TPSA) is 89.3 Å². The fourth-order valence-electron chi connectivity index (χ4n) is 1.86. The maximum atomic E-state index is 13.0. The van der Waals surface area contributed by atoms with E-state index in [-0.39, 0.29) is 26.9 Å². The van der Waals surface area contributed by atoms with E-state index < -0.39 is 20.8 Å². The Morgan fingerprint density at radius 2 is 1.95 bits per heavy atom. The van der Waals surface area contributed by atoms with Crippen molar-refractivity contribution >= 4 is 33.0 Å². The lowest BCUT2D eigenvalue weighted by Crippen LogP contribution is -2.15. The van der Waals surface area contributed by atoms with Gasteiger partial charge in [0.25, 0.3) is 15.7 Å². The summed E-state index contributed by atoms with van der Waals surface area (Å²) in [6, 6.07) is 6.89. The van der Waals surface area contributed by atoms with Crippen LogP contribution in [0.3, 0.4) is 0 Å². The second-order valence-corrected chi connectivity index (χ2v) is 6.45. The standard InChI is InChI=1S/C13H10ClFN2O4S/c1-8-12(17(18)19)3-2-4-13(8)22(20,21)16-11-6-5-9(15)7-10(11)14/h2-7,16H,1H3. The Bertz CT molecular complexity index is 855. The largest absolute Gasteiger partial charge is 0.278 e. The summed E-state index contributed by atoms with van der Waals surface area (Å²) in [7, 11) is -4.10. The molecule has 0 aliphatic rings. The van der Waals surface area contributed by atoms with Crippen molar-refractivity contribution in [2.45, 2.75) is 11.8 Å². The number of benzene rings is 2. The van der Waals surface area contributed by atoms with Gasteiger partial charge in [-0.3, -0.25) is 14.8 Å². The second-order valence-electron chi connectivity index (χ2n) is 4.39. The molecule has 2 aromatic carbocycles. The number of hydrogen-bond acceptors (Lipinski definition) is 4. The molecule has 116 valence electrons. The quantitative estimate of drug-likeness (QED) is 0.679. The smallest absolute Gasteiger partial charge is 0.273 e. The Kier molecular flexibility index (Phi) is 4.34. The summed E-state index contributed by atoms with van der Waals surface area (Å²) in [6.45, 7) is 1.33. The average Bonchev–Trinajstić information content (AvgIpc) is 2.41. The average molecular weight is 345 g/mol. The van der Waals surface area contributed by atoms with Gasteiger partial charge in [-0.1, -0.05) is 17.7 Å². The van der Waals surface area contributed by atoms with Crippen LogP contribution in [0.1, 0.15) is 5.56 Å². The minimum atomic E-state index is -4.10. The van der Waals surface area contributed by atoms with Gasteiger partial charge < -0.3 is 0 Å². The number of rotatable bonds is 4. The molecule has 0 saturated heterocycles. The zero-order valence-corrected chi connectivity index (χ0v) is 12.8. The number of hydrogen-bond donors (Lipinski definition) is 1. The SMILES string of the molecule is Cc1c([N+](=O)[O-])cccc1S(=O)(=O)Nc1ccc(F)cc1Cl. The number of sulfonamides is 1. The summed E-state index contributed by atoms with van der Waals surface area (Å²) >= 11 is 5.77. The van der Waals surface area contributed by atoms with E-state index in [1.807, 2.05) is 0 Å². The van der Waals surface area contributed by atoms with Crippen LogP contribution in [0.15, 0.2) is 41.3 Å². The molecule has 2 aromatic rings. The molecule has 1 N–H and O–H groups in total. The Morgan fingerprint density at radius 1 is 1.27 bits per heavy atom. The summed E-state index contributed by atoms with van der Waals surface area (Å²) in [5.74, 6) is -0.612. The molecular formula is C13H10ClFN2O4S. The van der Waals surface area contributed by atoms with Gasteiger partial charge in [-0.25, -0.2) is 12.8 Å². The highest BCUT2D eigenvalue weighted by molar-refractivity contribution is 7.92. The Morgan fingerprint density at radius 3 is 2.55 bits per heavy atom. The summed E-state index contributed by atoms with van der Waals surface area (Å²) < 4.78 is 39.9. The van der Waals surface area contributed by atoms with E-state index in [9.17, 15) is 22.9 Å². The Hall–Kier alpha value is -2.19. The number of anilines is 1. The molecule has 2 rings (SSSR count). The molecule has 6 nitrogen and oxygen atoms in total. The number of nitrogens with zero attached hydrogens (tertiary/aromatic N) is 1. The van der Waals surface area contributed by atoms with Crippen molar-refractivity contribution in [3.8, 4) is 0 Å². The lowest BCUT2D eigenvalue weighted by molar-refractivity contribution is -0.385. The number of nitro groups is 1. The van der Waals surface area contributed by atoms with E-state index in [2.05, 4.69) is 4.72 Å². The van der Waals surface area contributed by atoms with Crippen LogP contribution in [0.2, 0.25) is 5.02 Å². The van der Waals surface area contributed by atoms with Crippen molar-refractivity contribution in [3.63, 3.8) is 0 Å². The van der Waals surface area contributed by atoms with Gasteiger partial charge in [-0.2, -0.15) is 0 Å². The first-order valence-corrected chi connectivity index (χ1v) is 7.80. The molecule has 0 saturated carbocycles. The molecule has 0 aliphatic heterocycles. The van der Waals surface area contributed by atoms with Crippen molar-refractivity contribution in [2.24, 2.45) is 0 Å². The van der Waals surface area contributed by atoms with Crippen molar-refractivity contribution in [2.75, 3.05) is 4.72 Å². The Balaban J connectivity index is 2.47. The van der Waals surface area contributed by atoms with Crippen molar-refractivity contribution in [3.05, 3.63) is 62.9 Å². The second kappa shape index (κ2) is 5.90. The normalized spacial score (nSPS) is 11.2. The molecule has 0 aromatic heterocycles. The predicted molar refractivity (Wildman–Crippen MR) is 80.1 cm³/mol. The summed E-state index contributed by atoms with van der Waals surface area (Å²) in [6.07, 6.45) is 0. The van der Waals surface area contributed by atoms with E-state index in [4.69, 9.17) is 11.6 Å². The minimum absolute atomic E-state index is 0.00164. The van der Waals surface area contributed by atoms with Gasteiger partial charge in [0, 0.05) is 11.6 Å². The van der Waals surface area contributed by atoms with Gasteiger partial charge in [0.15, 0.2) is 0 Å². The van der Waals surface area contributed by atoms with Crippen molar-refractivity contribution in [1.29, 1.82) is 0 Å². The molecule has 0 heterocycles. The number of nitro benzene ring substituents is 1. The van der Waals surface area contributed by atoms with Crippen LogP contribution in [-0.4, -0.2) is 13.3 Å². The van der Waals surface area contributed by atoms with Gasteiger partial charge in [-0.15, -0.1) is 0 Å². The Labute approximate surface area is 130 Å². The van der Waals surface area contributed by atoms with E-state index in [0.717, 1.165) is 12.1 Å². The minimum Gasteiger partial charge on any atom is -0.278 e. The molecule has 0 radical (unpaired) electrons. The molecule has 0 aliphatic carbocycles. The molecule has 0 bridgehead atoms. The van der Waals surface area contributed by atoms with E-state index in [1.54, 1.807) is 0 Å². The highest BCUT2D eigenvalue weighted by Gasteiger charge is 2.23. The monoisotopic (exact) mass is 344 g/mol. The van der Waals surface area contributed by atoms with Gasteiger partial charge in [0.2, 0.25) is 0 Å². The van der Waals surface area contributed by atoms with Gasteiger partial charge in [0.05, 0.1) is 20.5 Å². The van der Waals surface area contributed by atoms with Gasteiger partial charge in [-0.05, 0) is 31.2 Å². The molecule has 0 fully saturated rings. The fourth-order valence-corrected chi connectivity index (χ4v) is 3.48. The first-order chi connectivity index (χ1) is 10.2. The summed E-state index contributed by atoms with van der Waals surface area (Å²) in [4.78, 5) is 9.96. The molecular weight excluding hydrogens is 335 g/mol. The van der Waals surface area contributed by atoms with E-state index in [1.165, 1.54) is 31.2 Å². The van der Waals surface area contributed by atoms with Crippen LogP contribution < -0.4 is 4.72 Å². The van der Waals surface area contributed by atoms with Crippen LogP contribution in [0.5, 0.6) is 0 Å². The maximum Gasteiger partial charge on any atom is 0.273 e. The van der Waals surface area contributed by atoms with E-state index >= 15 is 0 Å². The van der Waals surface area contributed by atoms with Crippen LogP contribution in [0.4, 0.5) is 15.8 Å². The molecule has 9 heteroatoms. The number of halogens is 2. The number of nitrogens with one attached hydrogen (secondary N) is 1. The first kappa shape index (κ1) is 16.2. The third-order valence-corrected chi connectivity index (χ3v) is 4.74. The zero-order chi connectivity index (χ0) is 16.5. The van der Waals surface area contributed by atoms with Crippen molar-refractivity contribution < 1.29 is 17.7 Å². The molecule has 0 amide bonds.